The number of benzene rings is 7. The Hall–Kier alpha value is -6.35. The van der Waals surface area contributed by atoms with Crippen LogP contribution in [0.2, 0.25) is 0 Å². The molecule has 0 bridgehead atoms. The molecule has 1 fully saturated rings. The molecule has 9 aromatic rings. The third kappa shape index (κ3) is 9.47. The van der Waals surface area contributed by atoms with Gasteiger partial charge in [0.2, 0.25) is 0 Å². The molecular weight excluding hydrogens is 998 g/mol. The molecule has 0 saturated heterocycles. The fourth-order valence-electron chi connectivity index (χ4n) is 9.44. The first-order valence-corrected chi connectivity index (χ1v) is 23.4. The van der Waals surface area contributed by atoms with Crippen molar-refractivity contribution in [2.45, 2.75) is 84.4 Å². The molecule has 0 radical (unpaired) electrons. The average Bonchev–Trinajstić information content (AvgIpc) is 4.04. The smallest absolute Gasteiger partial charge is 0.148 e. The zero-order chi connectivity index (χ0) is 47.4. The van der Waals surface area contributed by atoms with Crippen LogP contribution in [0.1, 0.15) is 86.7 Å². The number of nitrogens with zero attached hydrogens (tertiary/aromatic N) is 3. The van der Waals surface area contributed by atoms with E-state index in [1.165, 1.54) is 5.56 Å². The van der Waals surface area contributed by atoms with E-state index in [4.69, 9.17) is 12.7 Å². The van der Waals surface area contributed by atoms with Crippen molar-refractivity contribution >= 4 is 11.0 Å². The maximum absolute atomic E-state index is 11.8. The second-order valence-corrected chi connectivity index (χ2v) is 20.0. The Balaban J connectivity index is 0.00000593. The van der Waals surface area contributed by atoms with Crippen LogP contribution >= 0.6 is 0 Å². The summed E-state index contributed by atoms with van der Waals surface area (Å²) < 4.78 is 20.2. The van der Waals surface area contributed by atoms with Crippen molar-refractivity contribution in [3.63, 3.8) is 0 Å². The summed E-state index contributed by atoms with van der Waals surface area (Å²) in [6.45, 7) is 13.3. The number of hydrogen-bond donors (Lipinski definition) is 1. The molecule has 2 heterocycles. The molecule has 7 aromatic carbocycles. The molecule has 0 spiro atoms. The quantitative estimate of drug-likeness (QED) is 0.147. The van der Waals surface area contributed by atoms with Gasteiger partial charge in [-0.1, -0.05) is 199 Å². The van der Waals surface area contributed by atoms with E-state index >= 15 is 0 Å². The molecule has 5 heteroatoms. The van der Waals surface area contributed by atoms with Crippen LogP contribution in [0.15, 0.2) is 170 Å². The van der Waals surface area contributed by atoms with E-state index in [0.717, 1.165) is 109 Å². The maximum Gasteiger partial charge on any atom is 0.148 e. The largest absolute Gasteiger partial charge is 0.507 e. The molecule has 10 rings (SSSR count). The Morgan fingerprint density at radius 2 is 1.22 bits per heavy atom. The van der Waals surface area contributed by atoms with Crippen molar-refractivity contribution in [1.82, 2.24) is 14.5 Å². The van der Waals surface area contributed by atoms with Gasteiger partial charge in [0.05, 0.1) is 22.3 Å². The number of phenols is 1. The van der Waals surface area contributed by atoms with Gasteiger partial charge in [0, 0.05) is 41.3 Å². The van der Waals surface area contributed by atoms with Crippen LogP contribution in [-0.2, 0) is 38.3 Å². The molecule has 67 heavy (non-hydrogen) atoms. The summed E-state index contributed by atoms with van der Waals surface area (Å²) in [6.07, 6.45) is 4.58. The number of imidazole rings is 1. The van der Waals surface area contributed by atoms with E-state index in [9.17, 15) is 5.11 Å². The fourth-order valence-corrected chi connectivity index (χ4v) is 9.44. The normalized spacial score (nSPS) is 13.9. The summed E-state index contributed by atoms with van der Waals surface area (Å²) in [4.78, 5) is 10.5. The summed E-state index contributed by atoms with van der Waals surface area (Å²) >= 11 is 0. The van der Waals surface area contributed by atoms with E-state index in [1.54, 1.807) is 6.07 Å². The van der Waals surface area contributed by atoms with E-state index in [-0.39, 0.29) is 43.6 Å². The number of phenolic OH excluding ortho intramolecular Hbond substituents is 1. The molecule has 0 unspecified atom stereocenters. The van der Waals surface area contributed by atoms with Crippen molar-refractivity contribution < 1.29 is 28.9 Å². The van der Waals surface area contributed by atoms with E-state index in [0.29, 0.717) is 11.4 Å². The first kappa shape index (κ1) is 43.2. The number of rotatable bonds is 9. The van der Waals surface area contributed by atoms with Crippen molar-refractivity contribution in [2.75, 3.05) is 0 Å². The zero-order valence-electron chi connectivity index (χ0n) is 41.2. The minimum absolute atomic E-state index is 0. The van der Waals surface area contributed by atoms with E-state index in [2.05, 4.69) is 161 Å². The Labute approximate surface area is 413 Å². The Morgan fingerprint density at radius 1 is 0.597 bits per heavy atom. The molecule has 1 aliphatic rings. The monoisotopic (exact) mass is 1060 g/mol. The first-order valence-electron chi connectivity index (χ1n) is 24.4. The Bertz CT molecular complexity index is 3290. The van der Waals surface area contributed by atoms with Crippen LogP contribution in [-0.4, -0.2) is 19.6 Å². The number of para-hydroxylation sites is 1. The molecular formula is C62H58N3OPt-. The number of fused-ring (bicyclic) bond motifs is 1. The first-order chi connectivity index (χ1) is 32.6. The topological polar surface area (TPSA) is 50.9 Å². The summed E-state index contributed by atoms with van der Waals surface area (Å²) in [5.74, 6) is 0.872. The number of aromatic nitrogens is 3. The van der Waals surface area contributed by atoms with Gasteiger partial charge in [-0.15, -0.1) is 23.8 Å². The molecule has 338 valence electrons. The van der Waals surface area contributed by atoms with Gasteiger partial charge in [-0.25, -0.2) is 4.98 Å². The molecule has 0 atom stereocenters. The third-order valence-electron chi connectivity index (χ3n) is 13.2. The van der Waals surface area contributed by atoms with Crippen LogP contribution in [0.25, 0.3) is 83.9 Å². The molecule has 2 aromatic heterocycles. The van der Waals surface area contributed by atoms with E-state index in [1.807, 2.05) is 54.7 Å². The number of pyridine rings is 1. The third-order valence-corrected chi connectivity index (χ3v) is 13.2. The van der Waals surface area contributed by atoms with Gasteiger partial charge in [0.15, 0.2) is 0 Å². The minimum atomic E-state index is -1.35. The fraction of sp³-hybridized carbons (Fsp3) is 0.226. The van der Waals surface area contributed by atoms with Crippen LogP contribution in [0.3, 0.4) is 0 Å². The predicted octanol–water partition coefficient (Wildman–Crippen LogP) is 16.3. The van der Waals surface area contributed by atoms with Gasteiger partial charge in [-0.05, 0) is 98.5 Å². The second-order valence-electron chi connectivity index (χ2n) is 20.0. The van der Waals surface area contributed by atoms with Gasteiger partial charge in [0.1, 0.15) is 11.6 Å². The van der Waals surface area contributed by atoms with Gasteiger partial charge >= 0.3 is 0 Å². The molecule has 0 amide bonds. The summed E-state index contributed by atoms with van der Waals surface area (Å²) in [6, 6.07) is 60.2. The van der Waals surface area contributed by atoms with E-state index < -0.39 is 6.37 Å². The molecule has 1 saturated carbocycles. The second kappa shape index (κ2) is 18.7. The molecule has 1 aliphatic carbocycles. The maximum atomic E-state index is 11.8. The SMILES string of the molecule is [2H]C([2H])(c1ccc(-c2ccnc(-c3[c-]c(-c4cccc5c4nc(-c4cc(C(C)(C)C)ccc4O)n5-c4ccc(C(C)(C)C)cc4-c4ccccc4)cc(-c4ccccc4)c3)c2)cc1)C1CCCC1.[Pt]. The van der Waals surface area contributed by atoms with Crippen molar-refractivity contribution in [3.8, 4) is 78.6 Å². The van der Waals surface area contributed by atoms with Crippen LogP contribution in [0.4, 0.5) is 0 Å². The molecule has 1 N–H and O–H groups in total. The summed E-state index contributed by atoms with van der Waals surface area (Å²) in [5.41, 5.74) is 15.8. The van der Waals surface area contributed by atoms with Gasteiger partial charge in [-0.2, -0.15) is 0 Å². The Morgan fingerprint density at radius 3 is 1.91 bits per heavy atom. The predicted molar refractivity (Wildman–Crippen MR) is 275 cm³/mol. The Kier molecular flexibility index (Phi) is 12.1. The van der Waals surface area contributed by atoms with Crippen molar-refractivity contribution in [2.24, 2.45) is 5.92 Å². The summed E-state index contributed by atoms with van der Waals surface area (Å²) in [5, 5.41) is 11.8. The zero-order valence-corrected chi connectivity index (χ0v) is 41.4. The van der Waals surface area contributed by atoms with Gasteiger partial charge in [0.25, 0.3) is 0 Å². The molecule has 4 nitrogen and oxygen atoms in total. The van der Waals surface area contributed by atoms with Crippen molar-refractivity contribution in [1.29, 1.82) is 0 Å². The van der Waals surface area contributed by atoms with Gasteiger partial charge < -0.3 is 5.11 Å². The summed E-state index contributed by atoms with van der Waals surface area (Å²) in [7, 11) is 0. The van der Waals surface area contributed by atoms with Crippen LogP contribution < -0.4 is 0 Å². The minimum Gasteiger partial charge on any atom is -0.507 e. The van der Waals surface area contributed by atoms with Crippen LogP contribution in [0.5, 0.6) is 5.75 Å². The van der Waals surface area contributed by atoms with Crippen LogP contribution in [0, 0.1) is 12.0 Å². The number of hydrogen-bond acceptors (Lipinski definition) is 3. The molecule has 0 aliphatic heterocycles. The van der Waals surface area contributed by atoms with Crippen molar-refractivity contribution in [3.05, 3.63) is 193 Å². The average molecular weight is 1060 g/mol. The standard InChI is InChI=1S/C62H58N3O.Pt/c1-61(2,3)50-28-30-56(53(39-50)45-20-11-8-12-21-45)65-57-23-15-22-52(59(57)64-60(65)54-40-51(62(4,5)6)29-31-58(54)66)48-35-47(43-18-9-7-10-19-43)36-49(37-48)55-38-46(32-33-63-55)44-26-24-42(25-27-44)34-41-16-13-14-17-41;/h7-12,15,18-33,35-36,38-41,66H,13-14,16-17,34H2,1-6H3;/q-1;/i34D2;. The number of aromatic hydroxyl groups is 1. The van der Waals surface area contributed by atoms with Gasteiger partial charge in [-0.3, -0.25) is 9.55 Å².